The highest BCUT2D eigenvalue weighted by atomic mass is 19.1. The van der Waals surface area contributed by atoms with E-state index in [1.165, 1.54) is 45.2 Å². The minimum atomic E-state index is -0.0931. The van der Waals surface area contributed by atoms with Crippen molar-refractivity contribution in [3.63, 3.8) is 0 Å². The third-order valence-electron chi connectivity index (χ3n) is 5.45. The second kappa shape index (κ2) is 6.89. The van der Waals surface area contributed by atoms with Gasteiger partial charge in [-0.2, -0.15) is 0 Å². The van der Waals surface area contributed by atoms with E-state index < -0.39 is 0 Å². The van der Waals surface area contributed by atoms with Crippen LogP contribution >= 0.6 is 0 Å². The monoisotopic (exact) mass is 290 g/mol. The minimum absolute atomic E-state index is 0.0892. The Bertz CT molecular complexity index is 462. The van der Waals surface area contributed by atoms with Crippen LogP contribution in [0.25, 0.3) is 0 Å². The lowest BCUT2D eigenvalue weighted by molar-refractivity contribution is 0.0801. The van der Waals surface area contributed by atoms with Crippen LogP contribution in [0.3, 0.4) is 0 Å². The van der Waals surface area contributed by atoms with E-state index in [-0.39, 0.29) is 11.9 Å². The molecule has 1 aliphatic carbocycles. The zero-order valence-corrected chi connectivity index (χ0v) is 13.0. The van der Waals surface area contributed by atoms with Gasteiger partial charge in [-0.3, -0.25) is 0 Å². The van der Waals surface area contributed by atoms with Crippen molar-refractivity contribution in [2.75, 3.05) is 26.7 Å². The van der Waals surface area contributed by atoms with Gasteiger partial charge in [0, 0.05) is 24.7 Å². The van der Waals surface area contributed by atoms with Crippen molar-refractivity contribution in [3.8, 4) is 0 Å². The molecule has 1 saturated carbocycles. The number of nitrogens with one attached hydrogen (secondary N) is 1. The molecule has 1 saturated heterocycles. The van der Waals surface area contributed by atoms with Crippen molar-refractivity contribution in [2.24, 2.45) is 11.8 Å². The van der Waals surface area contributed by atoms with Crippen molar-refractivity contribution in [3.05, 3.63) is 35.6 Å². The van der Waals surface area contributed by atoms with Crippen LogP contribution in [0.15, 0.2) is 24.3 Å². The fourth-order valence-electron chi connectivity index (χ4n) is 4.20. The molecule has 3 rings (SSSR count). The fraction of sp³-hybridized carbons (Fsp3) is 0.667. The lowest BCUT2D eigenvalue weighted by Gasteiger charge is -2.42. The van der Waals surface area contributed by atoms with Gasteiger partial charge in [-0.05, 0) is 44.3 Å². The normalized spacial score (nSPS) is 28.1. The fourth-order valence-corrected chi connectivity index (χ4v) is 4.20. The number of hydrogen-bond donors (Lipinski definition) is 1. The third-order valence-corrected chi connectivity index (χ3v) is 5.45. The van der Waals surface area contributed by atoms with Crippen LogP contribution in [0, 0.1) is 17.7 Å². The van der Waals surface area contributed by atoms with E-state index >= 15 is 0 Å². The first kappa shape index (κ1) is 15.0. The molecule has 0 spiro atoms. The molecule has 1 heterocycles. The minimum Gasteiger partial charge on any atom is -0.312 e. The molecule has 1 aromatic rings. The van der Waals surface area contributed by atoms with Gasteiger partial charge in [0.25, 0.3) is 0 Å². The summed E-state index contributed by atoms with van der Waals surface area (Å²) in [5.74, 6) is 1.74. The van der Waals surface area contributed by atoms with Crippen LogP contribution in [-0.2, 0) is 0 Å². The molecule has 1 aromatic carbocycles. The summed E-state index contributed by atoms with van der Waals surface area (Å²) >= 11 is 0. The van der Waals surface area contributed by atoms with Crippen molar-refractivity contribution >= 4 is 0 Å². The molecule has 0 radical (unpaired) electrons. The summed E-state index contributed by atoms with van der Waals surface area (Å²) in [7, 11) is 1.93. The summed E-state index contributed by atoms with van der Waals surface area (Å²) in [6, 6.07) is 7.25. The van der Waals surface area contributed by atoms with Crippen molar-refractivity contribution in [2.45, 2.75) is 38.1 Å². The van der Waals surface area contributed by atoms with Crippen molar-refractivity contribution < 1.29 is 4.39 Å². The summed E-state index contributed by atoms with van der Waals surface area (Å²) < 4.78 is 14.0. The van der Waals surface area contributed by atoms with Gasteiger partial charge in [-0.15, -0.1) is 0 Å². The predicted octanol–water partition coefficient (Wildman–Crippen LogP) is 3.60. The Morgan fingerprint density at radius 3 is 2.71 bits per heavy atom. The molecule has 0 amide bonds. The number of piperidine rings is 1. The second-order valence-corrected chi connectivity index (χ2v) is 6.72. The Kier molecular flexibility index (Phi) is 4.91. The maximum absolute atomic E-state index is 14.0. The van der Waals surface area contributed by atoms with Gasteiger partial charge < -0.3 is 10.2 Å². The van der Waals surface area contributed by atoms with E-state index in [0.29, 0.717) is 0 Å². The van der Waals surface area contributed by atoms with E-state index in [4.69, 9.17) is 0 Å². The molecule has 3 atom stereocenters. The number of benzene rings is 1. The standard InChI is InChI=1S/C18H27FN2/c1-20-18(16-8-4-5-9-17(16)19)13-21-11-10-14-6-2-3-7-15(14)12-21/h4-5,8-9,14-15,18,20H,2-3,6-7,10-13H2,1H3. The van der Waals surface area contributed by atoms with Crippen LogP contribution in [0.5, 0.6) is 0 Å². The van der Waals surface area contributed by atoms with Crippen LogP contribution in [-0.4, -0.2) is 31.6 Å². The molecule has 0 aromatic heterocycles. The second-order valence-electron chi connectivity index (χ2n) is 6.72. The zero-order chi connectivity index (χ0) is 14.7. The van der Waals surface area contributed by atoms with Gasteiger partial charge in [-0.25, -0.2) is 4.39 Å². The number of halogens is 1. The molecule has 116 valence electrons. The Balaban J connectivity index is 1.63. The highest BCUT2D eigenvalue weighted by Crippen LogP contribution is 2.36. The van der Waals surface area contributed by atoms with Gasteiger partial charge in [0.15, 0.2) is 0 Å². The van der Waals surface area contributed by atoms with Gasteiger partial charge >= 0.3 is 0 Å². The first-order chi connectivity index (χ1) is 10.3. The van der Waals surface area contributed by atoms with E-state index in [9.17, 15) is 4.39 Å². The molecule has 21 heavy (non-hydrogen) atoms. The molecular formula is C18H27FN2. The largest absolute Gasteiger partial charge is 0.312 e. The topological polar surface area (TPSA) is 15.3 Å². The van der Waals surface area contributed by atoms with Crippen LogP contribution < -0.4 is 5.32 Å². The molecule has 2 fully saturated rings. The van der Waals surface area contributed by atoms with Gasteiger partial charge in [-0.1, -0.05) is 37.5 Å². The van der Waals surface area contributed by atoms with Gasteiger partial charge in [0.05, 0.1) is 0 Å². The van der Waals surface area contributed by atoms with Crippen LogP contribution in [0.4, 0.5) is 4.39 Å². The number of hydrogen-bond acceptors (Lipinski definition) is 2. The highest BCUT2D eigenvalue weighted by Gasteiger charge is 2.32. The Hall–Kier alpha value is -0.930. The molecule has 0 bridgehead atoms. The Morgan fingerprint density at radius 1 is 1.19 bits per heavy atom. The maximum atomic E-state index is 14.0. The van der Waals surface area contributed by atoms with E-state index in [1.807, 2.05) is 19.2 Å². The average molecular weight is 290 g/mol. The van der Waals surface area contributed by atoms with Crippen molar-refractivity contribution in [1.82, 2.24) is 10.2 Å². The number of likely N-dealkylation sites (tertiary alicyclic amines) is 1. The first-order valence-corrected chi connectivity index (χ1v) is 8.42. The maximum Gasteiger partial charge on any atom is 0.128 e. The SMILES string of the molecule is CNC(CN1CCC2CCCCC2C1)c1ccccc1F. The van der Waals surface area contributed by atoms with E-state index in [1.54, 1.807) is 12.1 Å². The Morgan fingerprint density at radius 2 is 1.95 bits per heavy atom. The lowest BCUT2D eigenvalue weighted by Crippen LogP contribution is -2.44. The third kappa shape index (κ3) is 3.46. The molecular weight excluding hydrogens is 263 g/mol. The summed E-state index contributed by atoms with van der Waals surface area (Å²) in [5, 5.41) is 3.30. The van der Waals surface area contributed by atoms with Crippen LogP contribution in [0.2, 0.25) is 0 Å². The summed E-state index contributed by atoms with van der Waals surface area (Å²) in [6.45, 7) is 3.30. The molecule has 2 nitrogen and oxygen atoms in total. The molecule has 2 aliphatic rings. The predicted molar refractivity (Wildman–Crippen MR) is 84.7 cm³/mol. The molecule has 1 N–H and O–H groups in total. The zero-order valence-electron chi connectivity index (χ0n) is 13.0. The van der Waals surface area contributed by atoms with Gasteiger partial charge in [0.2, 0.25) is 0 Å². The average Bonchev–Trinajstić information content (AvgIpc) is 2.53. The Labute approximate surface area is 127 Å². The number of fused-ring (bicyclic) bond motifs is 1. The van der Waals surface area contributed by atoms with E-state index in [2.05, 4.69) is 10.2 Å². The van der Waals surface area contributed by atoms with Crippen LogP contribution in [0.1, 0.15) is 43.7 Å². The summed E-state index contributed by atoms with van der Waals surface area (Å²) in [5.41, 5.74) is 0.797. The van der Waals surface area contributed by atoms with E-state index in [0.717, 1.165) is 23.9 Å². The quantitative estimate of drug-likeness (QED) is 0.911. The molecule has 1 aliphatic heterocycles. The van der Waals surface area contributed by atoms with Crippen molar-refractivity contribution in [1.29, 1.82) is 0 Å². The molecule has 3 unspecified atom stereocenters. The summed E-state index contributed by atoms with van der Waals surface area (Å²) in [6.07, 6.45) is 6.98. The summed E-state index contributed by atoms with van der Waals surface area (Å²) in [4.78, 5) is 2.54. The molecule has 3 heteroatoms. The lowest BCUT2D eigenvalue weighted by atomic mass is 9.75. The number of nitrogens with zero attached hydrogens (tertiary/aromatic N) is 1. The highest BCUT2D eigenvalue weighted by molar-refractivity contribution is 5.21. The van der Waals surface area contributed by atoms with Gasteiger partial charge in [0.1, 0.15) is 5.82 Å². The first-order valence-electron chi connectivity index (χ1n) is 8.42. The number of rotatable bonds is 4. The smallest absolute Gasteiger partial charge is 0.128 e. The number of likely N-dealkylation sites (N-methyl/N-ethyl adjacent to an activating group) is 1.